The van der Waals surface area contributed by atoms with Gasteiger partial charge in [-0.15, -0.1) is 0 Å². The molecular formula is C15H18N2. The molecule has 0 saturated heterocycles. The van der Waals surface area contributed by atoms with Crippen LogP contribution in [-0.4, -0.2) is 11.5 Å². The van der Waals surface area contributed by atoms with Crippen molar-refractivity contribution in [1.82, 2.24) is 4.98 Å². The van der Waals surface area contributed by atoms with E-state index in [2.05, 4.69) is 54.5 Å². The van der Waals surface area contributed by atoms with Crippen LogP contribution in [0.15, 0.2) is 42.7 Å². The fourth-order valence-electron chi connectivity index (χ4n) is 1.82. The Morgan fingerprint density at radius 3 is 2.59 bits per heavy atom. The van der Waals surface area contributed by atoms with Crippen LogP contribution in [0.3, 0.4) is 0 Å². The summed E-state index contributed by atoms with van der Waals surface area (Å²) in [5.41, 5.74) is 5.14. The summed E-state index contributed by atoms with van der Waals surface area (Å²) in [6, 6.07) is 10.6. The Bertz CT molecular complexity index is 478. The molecule has 2 aromatic rings. The van der Waals surface area contributed by atoms with E-state index in [1.54, 1.807) is 0 Å². The molecule has 0 amide bonds. The van der Waals surface area contributed by atoms with Crippen molar-refractivity contribution in [3.8, 4) is 0 Å². The lowest BCUT2D eigenvalue weighted by Crippen LogP contribution is -2.06. The lowest BCUT2D eigenvalue weighted by atomic mass is 10.1. The molecule has 0 spiro atoms. The zero-order valence-electron chi connectivity index (χ0n) is 10.4. The average molecular weight is 226 g/mol. The number of hydrogen-bond acceptors (Lipinski definition) is 2. The summed E-state index contributed by atoms with van der Waals surface area (Å²) in [5.74, 6) is 0. The van der Waals surface area contributed by atoms with Crippen LogP contribution in [0.2, 0.25) is 0 Å². The maximum Gasteiger partial charge on any atom is 0.0372 e. The number of aryl methyl sites for hydroxylation is 2. The molecule has 0 fully saturated rings. The van der Waals surface area contributed by atoms with Gasteiger partial charge in [0, 0.05) is 24.6 Å². The monoisotopic (exact) mass is 226 g/mol. The smallest absolute Gasteiger partial charge is 0.0372 e. The van der Waals surface area contributed by atoms with E-state index in [1.807, 2.05) is 12.4 Å². The van der Waals surface area contributed by atoms with Crippen LogP contribution in [0.1, 0.15) is 16.7 Å². The fraction of sp³-hybridized carbons (Fsp3) is 0.267. The van der Waals surface area contributed by atoms with E-state index in [0.717, 1.165) is 13.0 Å². The van der Waals surface area contributed by atoms with Gasteiger partial charge in [0.2, 0.25) is 0 Å². The predicted molar refractivity (Wildman–Crippen MR) is 72.3 cm³/mol. The first-order chi connectivity index (χ1) is 8.25. The first-order valence-electron chi connectivity index (χ1n) is 5.96. The quantitative estimate of drug-likeness (QED) is 0.864. The summed E-state index contributed by atoms with van der Waals surface area (Å²) < 4.78 is 0. The minimum atomic E-state index is 0.953. The van der Waals surface area contributed by atoms with Crippen molar-refractivity contribution in [3.05, 3.63) is 59.4 Å². The maximum atomic E-state index is 4.02. The molecule has 1 aromatic carbocycles. The first kappa shape index (κ1) is 11.6. The van der Waals surface area contributed by atoms with Gasteiger partial charge in [-0.1, -0.05) is 12.1 Å². The Morgan fingerprint density at radius 2 is 1.82 bits per heavy atom. The molecule has 17 heavy (non-hydrogen) atoms. The fourth-order valence-corrected chi connectivity index (χ4v) is 1.82. The van der Waals surface area contributed by atoms with Gasteiger partial charge >= 0.3 is 0 Å². The van der Waals surface area contributed by atoms with Crippen LogP contribution in [0.4, 0.5) is 5.69 Å². The number of nitrogens with one attached hydrogen (secondary N) is 1. The molecule has 0 saturated carbocycles. The lowest BCUT2D eigenvalue weighted by molar-refractivity contribution is 1.01. The third kappa shape index (κ3) is 3.31. The van der Waals surface area contributed by atoms with Crippen molar-refractivity contribution in [2.75, 3.05) is 11.9 Å². The highest BCUT2D eigenvalue weighted by Gasteiger charge is 1.98. The number of hydrogen-bond donors (Lipinski definition) is 1. The molecule has 2 nitrogen and oxygen atoms in total. The van der Waals surface area contributed by atoms with Crippen LogP contribution >= 0.6 is 0 Å². The number of benzene rings is 1. The van der Waals surface area contributed by atoms with E-state index in [-0.39, 0.29) is 0 Å². The Balaban J connectivity index is 1.92. The van der Waals surface area contributed by atoms with Crippen LogP contribution in [0.5, 0.6) is 0 Å². The van der Waals surface area contributed by atoms with Crippen LogP contribution in [-0.2, 0) is 6.42 Å². The molecule has 0 radical (unpaired) electrons. The zero-order chi connectivity index (χ0) is 12.1. The topological polar surface area (TPSA) is 24.9 Å². The summed E-state index contributed by atoms with van der Waals surface area (Å²) in [6.45, 7) is 5.20. The maximum absolute atomic E-state index is 4.02. The van der Waals surface area contributed by atoms with Crippen LogP contribution < -0.4 is 5.32 Å². The van der Waals surface area contributed by atoms with E-state index in [4.69, 9.17) is 0 Å². The van der Waals surface area contributed by atoms with Crippen molar-refractivity contribution in [3.63, 3.8) is 0 Å². The zero-order valence-corrected chi connectivity index (χ0v) is 10.4. The Morgan fingerprint density at radius 1 is 1.06 bits per heavy atom. The lowest BCUT2D eigenvalue weighted by Gasteiger charge is -2.10. The first-order valence-corrected chi connectivity index (χ1v) is 5.96. The number of pyridine rings is 1. The average Bonchev–Trinajstić information content (AvgIpc) is 2.35. The van der Waals surface area contributed by atoms with Crippen molar-refractivity contribution in [1.29, 1.82) is 0 Å². The molecular weight excluding hydrogens is 208 g/mol. The SMILES string of the molecule is Cc1ccc(C)c(NCCc2ccncc2)c1. The van der Waals surface area contributed by atoms with E-state index in [9.17, 15) is 0 Å². The van der Waals surface area contributed by atoms with Gasteiger partial charge in [-0.3, -0.25) is 4.98 Å². The molecule has 2 heteroatoms. The van der Waals surface area contributed by atoms with Crippen molar-refractivity contribution in [2.24, 2.45) is 0 Å². The minimum Gasteiger partial charge on any atom is -0.384 e. The second-order valence-corrected chi connectivity index (χ2v) is 4.35. The standard InChI is InChI=1S/C15H18N2/c1-12-3-4-13(2)15(11-12)17-10-7-14-5-8-16-9-6-14/h3-6,8-9,11,17H,7,10H2,1-2H3. The highest BCUT2D eigenvalue weighted by molar-refractivity contribution is 5.52. The van der Waals surface area contributed by atoms with E-state index >= 15 is 0 Å². The van der Waals surface area contributed by atoms with E-state index in [0.29, 0.717) is 0 Å². The second-order valence-electron chi connectivity index (χ2n) is 4.35. The van der Waals surface area contributed by atoms with Gasteiger partial charge in [-0.05, 0) is 55.2 Å². The molecule has 1 N–H and O–H groups in total. The Kier molecular flexibility index (Phi) is 3.76. The summed E-state index contributed by atoms with van der Waals surface area (Å²) >= 11 is 0. The van der Waals surface area contributed by atoms with Crippen molar-refractivity contribution < 1.29 is 0 Å². The summed E-state index contributed by atoms with van der Waals surface area (Å²) in [7, 11) is 0. The predicted octanol–water partition coefficient (Wildman–Crippen LogP) is 3.35. The Hall–Kier alpha value is -1.83. The van der Waals surface area contributed by atoms with Crippen molar-refractivity contribution >= 4 is 5.69 Å². The molecule has 1 heterocycles. The Labute approximate surface area is 103 Å². The number of anilines is 1. The number of nitrogens with zero attached hydrogens (tertiary/aromatic N) is 1. The van der Waals surface area contributed by atoms with Gasteiger partial charge < -0.3 is 5.32 Å². The minimum absolute atomic E-state index is 0.953. The summed E-state index contributed by atoms with van der Waals surface area (Å²) in [4.78, 5) is 4.02. The molecule has 0 unspecified atom stereocenters. The van der Waals surface area contributed by atoms with Gasteiger partial charge in [0.05, 0.1) is 0 Å². The molecule has 0 atom stereocenters. The molecule has 88 valence electrons. The van der Waals surface area contributed by atoms with Gasteiger partial charge in [0.1, 0.15) is 0 Å². The van der Waals surface area contributed by atoms with Gasteiger partial charge in [0.25, 0.3) is 0 Å². The second kappa shape index (κ2) is 5.48. The number of rotatable bonds is 4. The third-order valence-corrected chi connectivity index (χ3v) is 2.87. The van der Waals surface area contributed by atoms with Gasteiger partial charge in [-0.2, -0.15) is 0 Å². The normalized spacial score (nSPS) is 10.2. The molecule has 0 aliphatic carbocycles. The molecule has 1 aromatic heterocycles. The van der Waals surface area contributed by atoms with Gasteiger partial charge in [-0.25, -0.2) is 0 Å². The van der Waals surface area contributed by atoms with Crippen molar-refractivity contribution in [2.45, 2.75) is 20.3 Å². The molecule has 0 bridgehead atoms. The molecule has 0 aliphatic heterocycles. The van der Waals surface area contributed by atoms with Crippen LogP contribution in [0.25, 0.3) is 0 Å². The highest BCUT2D eigenvalue weighted by Crippen LogP contribution is 2.16. The van der Waals surface area contributed by atoms with E-state index in [1.165, 1.54) is 22.4 Å². The molecule has 2 rings (SSSR count). The largest absolute Gasteiger partial charge is 0.384 e. The van der Waals surface area contributed by atoms with Crippen LogP contribution in [0, 0.1) is 13.8 Å². The molecule has 0 aliphatic rings. The van der Waals surface area contributed by atoms with E-state index < -0.39 is 0 Å². The third-order valence-electron chi connectivity index (χ3n) is 2.87. The highest BCUT2D eigenvalue weighted by atomic mass is 14.9. The van der Waals surface area contributed by atoms with Gasteiger partial charge in [0.15, 0.2) is 0 Å². The number of aromatic nitrogens is 1. The summed E-state index contributed by atoms with van der Waals surface area (Å²) in [5, 5.41) is 3.48. The summed E-state index contributed by atoms with van der Waals surface area (Å²) in [6.07, 6.45) is 4.70.